The van der Waals surface area contributed by atoms with Crippen molar-refractivity contribution >= 4 is 5.91 Å². The second-order valence-corrected chi connectivity index (χ2v) is 7.32. The molecule has 2 aromatic carbocycles. The summed E-state index contributed by atoms with van der Waals surface area (Å²) in [6, 6.07) is 11.8. The Kier molecular flexibility index (Phi) is 5.32. The van der Waals surface area contributed by atoms with Gasteiger partial charge < -0.3 is 5.32 Å². The van der Waals surface area contributed by atoms with Crippen LogP contribution in [0.2, 0.25) is 0 Å². The Balaban J connectivity index is 1.50. The molecule has 1 heterocycles. The van der Waals surface area contributed by atoms with Gasteiger partial charge in [0.2, 0.25) is 5.91 Å². The summed E-state index contributed by atoms with van der Waals surface area (Å²) < 4.78 is 53.6. The molecule has 1 amide bonds. The van der Waals surface area contributed by atoms with E-state index in [4.69, 9.17) is 0 Å². The Hall–Kier alpha value is -3.16. The van der Waals surface area contributed by atoms with Crippen molar-refractivity contribution in [2.45, 2.75) is 38.4 Å². The van der Waals surface area contributed by atoms with E-state index in [-0.39, 0.29) is 30.3 Å². The molecule has 0 fully saturated rings. The van der Waals surface area contributed by atoms with Crippen LogP contribution >= 0.6 is 0 Å². The second kappa shape index (κ2) is 7.93. The van der Waals surface area contributed by atoms with E-state index in [1.165, 1.54) is 23.3 Å². The van der Waals surface area contributed by atoms with Gasteiger partial charge in [0.05, 0.1) is 24.3 Å². The number of halogens is 4. The molecule has 8 heteroatoms. The van der Waals surface area contributed by atoms with Crippen molar-refractivity contribution in [1.29, 1.82) is 0 Å². The average molecular weight is 417 g/mol. The first-order valence-electron chi connectivity index (χ1n) is 9.59. The fraction of sp³-hybridized carbons (Fsp3) is 0.273. The molecule has 0 saturated heterocycles. The average Bonchev–Trinajstić information content (AvgIpc) is 3.33. The minimum atomic E-state index is -4.63. The zero-order chi connectivity index (χ0) is 21.3. The van der Waals surface area contributed by atoms with Gasteiger partial charge in [0.15, 0.2) is 5.69 Å². The van der Waals surface area contributed by atoms with Crippen LogP contribution < -0.4 is 5.32 Å². The predicted molar refractivity (Wildman–Crippen MR) is 103 cm³/mol. The number of rotatable bonds is 5. The highest BCUT2D eigenvalue weighted by Gasteiger charge is 2.35. The smallest absolute Gasteiger partial charge is 0.350 e. The van der Waals surface area contributed by atoms with Crippen LogP contribution in [0.15, 0.2) is 48.5 Å². The lowest BCUT2D eigenvalue weighted by atomic mass is 10.0. The summed E-state index contributed by atoms with van der Waals surface area (Å²) in [7, 11) is 0. The Bertz CT molecular complexity index is 1070. The maximum absolute atomic E-state index is 13.2. The van der Waals surface area contributed by atoms with Crippen molar-refractivity contribution in [3.8, 4) is 5.69 Å². The van der Waals surface area contributed by atoms with E-state index in [1.54, 1.807) is 0 Å². The SMILES string of the molecule is O=C(Cc1ccc2c(c1)CCC2)NCc1cc(C(F)(F)F)nn1-c1ccc(F)cc1. The molecule has 4 rings (SSSR count). The van der Waals surface area contributed by atoms with Crippen LogP contribution in [-0.4, -0.2) is 15.7 Å². The van der Waals surface area contributed by atoms with E-state index in [0.29, 0.717) is 0 Å². The Morgan fingerprint density at radius 2 is 1.77 bits per heavy atom. The number of hydrogen-bond acceptors (Lipinski definition) is 2. The summed E-state index contributed by atoms with van der Waals surface area (Å²) in [5, 5.41) is 6.26. The Morgan fingerprint density at radius 1 is 1.03 bits per heavy atom. The van der Waals surface area contributed by atoms with E-state index in [0.717, 1.165) is 47.7 Å². The normalized spacial score (nSPS) is 13.3. The number of aromatic nitrogens is 2. The molecule has 156 valence electrons. The number of aryl methyl sites for hydroxylation is 2. The molecule has 0 saturated carbocycles. The monoisotopic (exact) mass is 417 g/mol. The molecule has 1 aliphatic rings. The standard InChI is InChI=1S/C22H19F4N3O/c23-17-6-8-18(9-7-17)29-19(12-20(28-29)22(24,25)26)13-27-21(30)11-14-4-5-15-2-1-3-16(15)10-14/h4-10,12H,1-3,11,13H2,(H,27,30). The van der Waals surface area contributed by atoms with Gasteiger partial charge in [-0.1, -0.05) is 18.2 Å². The number of amides is 1. The maximum Gasteiger partial charge on any atom is 0.435 e. The first-order chi connectivity index (χ1) is 14.3. The number of nitrogens with zero attached hydrogens (tertiary/aromatic N) is 2. The molecule has 4 nitrogen and oxygen atoms in total. The maximum atomic E-state index is 13.2. The summed E-state index contributed by atoms with van der Waals surface area (Å²) in [5.41, 5.74) is 2.78. The Labute approximate surface area is 170 Å². The molecule has 0 bridgehead atoms. The van der Waals surface area contributed by atoms with Gasteiger partial charge in [-0.25, -0.2) is 9.07 Å². The molecule has 0 aliphatic heterocycles. The van der Waals surface area contributed by atoms with E-state index < -0.39 is 17.7 Å². The van der Waals surface area contributed by atoms with Gasteiger partial charge >= 0.3 is 6.18 Å². The third kappa shape index (κ3) is 4.37. The number of benzene rings is 2. The lowest BCUT2D eigenvalue weighted by molar-refractivity contribution is -0.141. The molecule has 0 spiro atoms. The summed E-state index contributed by atoms with van der Waals surface area (Å²) in [4.78, 5) is 12.4. The van der Waals surface area contributed by atoms with Crippen molar-refractivity contribution in [1.82, 2.24) is 15.1 Å². The van der Waals surface area contributed by atoms with Crippen molar-refractivity contribution in [2.24, 2.45) is 0 Å². The fourth-order valence-corrected chi connectivity index (χ4v) is 3.66. The molecule has 3 aromatic rings. The van der Waals surface area contributed by atoms with Gasteiger partial charge in [0, 0.05) is 0 Å². The van der Waals surface area contributed by atoms with Crippen LogP contribution in [0.5, 0.6) is 0 Å². The zero-order valence-electron chi connectivity index (χ0n) is 16.0. The molecular weight excluding hydrogens is 398 g/mol. The molecular formula is C22H19F4N3O. The lowest BCUT2D eigenvalue weighted by Gasteiger charge is -2.10. The van der Waals surface area contributed by atoms with Crippen LogP contribution in [0.1, 0.15) is 34.5 Å². The minimum Gasteiger partial charge on any atom is -0.350 e. The van der Waals surface area contributed by atoms with Crippen LogP contribution in [0.4, 0.5) is 17.6 Å². The minimum absolute atomic E-state index is 0.135. The van der Waals surface area contributed by atoms with E-state index >= 15 is 0 Å². The molecule has 30 heavy (non-hydrogen) atoms. The van der Waals surface area contributed by atoms with Crippen molar-refractivity contribution < 1.29 is 22.4 Å². The topological polar surface area (TPSA) is 46.9 Å². The highest BCUT2D eigenvalue weighted by atomic mass is 19.4. The molecule has 1 aromatic heterocycles. The van der Waals surface area contributed by atoms with Crippen molar-refractivity contribution in [3.63, 3.8) is 0 Å². The van der Waals surface area contributed by atoms with E-state index in [2.05, 4.69) is 10.4 Å². The summed E-state index contributed by atoms with van der Waals surface area (Å²) >= 11 is 0. The highest BCUT2D eigenvalue weighted by Crippen LogP contribution is 2.29. The van der Waals surface area contributed by atoms with E-state index in [1.807, 2.05) is 18.2 Å². The van der Waals surface area contributed by atoms with Gasteiger partial charge in [-0.05, 0) is 66.3 Å². The highest BCUT2D eigenvalue weighted by molar-refractivity contribution is 5.78. The number of carbonyl (C=O) groups excluding carboxylic acids is 1. The van der Waals surface area contributed by atoms with Gasteiger partial charge in [-0.15, -0.1) is 0 Å². The third-order valence-electron chi connectivity index (χ3n) is 5.14. The number of carbonyl (C=O) groups is 1. The Morgan fingerprint density at radius 3 is 2.50 bits per heavy atom. The predicted octanol–water partition coefficient (Wildman–Crippen LogP) is 4.38. The van der Waals surface area contributed by atoms with Crippen LogP contribution in [0.25, 0.3) is 5.69 Å². The summed E-state index contributed by atoms with van der Waals surface area (Å²) in [6.45, 7) is -0.135. The number of fused-ring (bicyclic) bond motifs is 1. The number of nitrogens with one attached hydrogen (secondary N) is 1. The lowest BCUT2D eigenvalue weighted by Crippen LogP contribution is -2.25. The van der Waals surface area contributed by atoms with Crippen molar-refractivity contribution in [2.75, 3.05) is 0 Å². The van der Waals surface area contributed by atoms with Gasteiger partial charge in [0.25, 0.3) is 0 Å². The number of alkyl halides is 3. The van der Waals surface area contributed by atoms with Gasteiger partial charge in [-0.2, -0.15) is 18.3 Å². The third-order valence-corrected chi connectivity index (χ3v) is 5.14. The van der Waals surface area contributed by atoms with Crippen molar-refractivity contribution in [3.05, 3.63) is 82.4 Å². The van der Waals surface area contributed by atoms with Crippen LogP contribution in [0.3, 0.4) is 0 Å². The fourth-order valence-electron chi connectivity index (χ4n) is 3.66. The van der Waals surface area contributed by atoms with Crippen LogP contribution in [-0.2, 0) is 36.8 Å². The first kappa shape index (κ1) is 20.1. The molecule has 1 N–H and O–H groups in total. The molecule has 1 aliphatic carbocycles. The molecule has 0 radical (unpaired) electrons. The summed E-state index contributed by atoms with van der Waals surface area (Å²) in [5.74, 6) is -0.806. The first-order valence-corrected chi connectivity index (χ1v) is 9.59. The summed E-state index contributed by atoms with van der Waals surface area (Å²) in [6.07, 6.45) is -1.32. The largest absolute Gasteiger partial charge is 0.435 e. The number of hydrogen-bond donors (Lipinski definition) is 1. The molecule has 0 atom stereocenters. The van der Waals surface area contributed by atoms with Gasteiger partial charge in [-0.3, -0.25) is 4.79 Å². The van der Waals surface area contributed by atoms with Crippen LogP contribution in [0, 0.1) is 5.82 Å². The van der Waals surface area contributed by atoms with Gasteiger partial charge in [0.1, 0.15) is 5.82 Å². The van der Waals surface area contributed by atoms with E-state index in [9.17, 15) is 22.4 Å². The molecule has 0 unspecified atom stereocenters. The quantitative estimate of drug-likeness (QED) is 0.627. The zero-order valence-corrected chi connectivity index (χ0v) is 16.0. The second-order valence-electron chi connectivity index (χ2n) is 7.32.